The van der Waals surface area contributed by atoms with Crippen LogP contribution in [0.5, 0.6) is 0 Å². The monoisotopic (exact) mass is 187 g/mol. The standard InChI is InChI=1S/C9H17NO3/c10-8(1-2-9(11)12)5-7-3-4-13-6-7/h7-8H,1-6,10H2,(H,11,12). The molecule has 1 fully saturated rings. The Kier molecular flexibility index (Phi) is 4.18. The fourth-order valence-corrected chi connectivity index (χ4v) is 1.62. The van der Waals surface area contributed by atoms with Crippen LogP contribution in [0, 0.1) is 5.92 Å². The lowest BCUT2D eigenvalue weighted by atomic mass is 9.97. The van der Waals surface area contributed by atoms with Crippen molar-refractivity contribution in [3.8, 4) is 0 Å². The molecule has 0 spiro atoms. The maximum atomic E-state index is 10.3. The molecule has 1 aliphatic heterocycles. The number of carbonyl (C=O) groups is 1. The smallest absolute Gasteiger partial charge is 0.303 e. The van der Waals surface area contributed by atoms with Gasteiger partial charge >= 0.3 is 5.97 Å². The van der Waals surface area contributed by atoms with E-state index in [0.29, 0.717) is 12.3 Å². The third-order valence-corrected chi connectivity index (χ3v) is 2.39. The summed E-state index contributed by atoms with van der Waals surface area (Å²) in [5.41, 5.74) is 5.78. The van der Waals surface area contributed by atoms with E-state index in [1.807, 2.05) is 0 Å². The lowest BCUT2D eigenvalue weighted by Gasteiger charge is -2.13. The summed E-state index contributed by atoms with van der Waals surface area (Å²) in [7, 11) is 0. The van der Waals surface area contributed by atoms with Crippen LogP contribution in [0.3, 0.4) is 0 Å². The number of ether oxygens (including phenoxy) is 1. The zero-order valence-corrected chi connectivity index (χ0v) is 7.74. The lowest BCUT2D eigenvalue weighted by Crippen LogP contribution is -2.24. The van der Waals surface area contributed by atoms with Gasteiger partial charge in [-0.2, -0.15) is 0 Å². The molecule has 0 aromatic heterocycles. The number of carboxylic acid groups (broad SMARTS) is 1. The lowest BCUT2D eigenvalue weighted by molar-refractivity contribution is -0.137. The Labute approximate surface area is 78.1 Å². The van der Waals surface area contributed by atoms with Gasteiger partial charge in [0.1, 0.15) is 0 Å². The molecular weight excluding hydrogens is 170 g/mol. The molecule has 3 N–H and O–H groups in total. The van der Waals surface area contributed by atoms with Gasteiger partial charge in [-0.1, -0.05) is 0 Å². The summed E-state index contributed by atoms with van der Waals surface area (Å²) in [6, 6.07) is 0.0165. The normalized spacial score (nSPS) is 24.5. The number of hydrogen-bond donors (Lipinski definition) is 2. The van der Waals surface area contributed by atoms with Gasteiger partial charge in [-0.05, 0) is 25.2 Å². The first-order chi connectivity index (χ1) is 6.18. The second-order valence-corrected chi connectivity index (χ2v) is 3.66. The van der Waals surface area contributed by atoms with Gasteiger partial charge in [-0.15, -0.1) is 0 Å². The third kappa shape index (κ3) is 4.24. The van der Waals surface area contributed by atoms with Crippen LogP contribution in [0.1, 0.15) is 25.7 Å². The van der Waals surface area contributed by atoms with Crippen LogP contribution in [0.2, 0.25) is 0 Å². The molecule has 0 saturated carbocycles. The minimum absolute atomic E-state index is 0.0165. The first-order valence-electron chi connectivity index (χ1n) is 4.73. The van der Waals surface area contributed by atoms with Gasteiger partial charge in [0.15, 0.2) is 0 Å². The Morgan fingerprint density at radius 2 is 2.46 bits per heavy atom. The Hall–Kier alpha value is -0.610. The summed E-state index contributed by atoms with van der Waals surface area (Å²) in [5, 5.41) is 8.44. The summed E-state index contributed by atoms with van der Waals surface area (Å²) >= 11 is 0. The van der Waals surface area contributed by atoms with Crippen LogP contribution < -0.4 is 5.73 Å². The fraction of sp³-hybridized carbons (Fsp3) is 0.889. The molecule has 1 saturated heterocycles. The van der Waals surface area contributed by atoms with E-state index in [-0.39, 0.29) is 12.5 Å². The van der Waals surface area contributed by atoms with E-state index >= 15 is 0 Å². The van der Waals surface area contributed by atoms with E-state index in [4.69, 9.17) is 15.6 Å². The fourth-order valence-electron chi connectivity index (χ4n) is 1.62. The second-order valence-electron chi connectivity index (χ2n) is 3.66. The van der Waals surface area contributed by atoms with E-state index in [1.54, 1.807) is 0 Å². The van der Waals surface area contributed by atoms with Crippen molar-refractivity contribution < 1.29 is 14.6 Å². The molecule has 0 bridgehead atoms. The molecule has 1 aliphatic rings. The average molecular weight is 187 g/mol. The van der Waals surface area contributed by atoms with Crippen LogP contribution in [0.25, 0.3) is 0 Å². The Morgan fingerprint density at radius 3 is 3.00 bits per heavy atom. The SMILES string of the molecule is NC(CCC(=O)O)CC1CCOC1. The minimum atomic E-state index is -0.766. The molecule has 0 aromatic carbocycles. The Bertz CT molecular complexity index is 166. The van der Waals surface area contributed by atoms with E-state index in [0.717, 1.165) is 26.1 Å². The number of nitrogens with two attached hydrogens (primary N) is 1. The van der Waals surface area contributed by atoms with Crippen molar-refractivity contribution in [3.63, 3.8) is 0 Å². The second kappa shape index (κ2) is 5.19. The molecule has 2 unspecified atom stereocenters. The molecule has 1 heterocycles. The maximum Gasteiger partial charge on any atom is 0.303 e. The van der Waals surface area contributed by atoms with E-state index < -0.39 is 5.97 Å². The highest BCUT2D eigenvalue weighted by molar-refractivity contribution is 5.66. The summed E-state index contributed by atoms with van der Waals surface area (Å²) in [6.45, 7) is 1.62. The Morgan fingerprint density at radius 1 is 1.69 bits per heavy atom. The van der Waals surface area contributed by atoms with Crippen LogP contribution in [-0.4, -0.2) is 30.3 Å². The zero-order chi connectivity index (χ0) is 9.68. The van der Waals surface area contributed by atoms with E-state index in [1.165, 1.54) is 0 Å². The van der Waals surface area contributed by atoms with Crippen molar-refractivity contribution in [2.75, 3.05) is 13.2 Å². The number of rotatable bonds is 5. The molecule has 0 aliphatic carbocycles. The highest BCUT2D eigenvalue weighted by Crippen LogP contribution is 2.18. The Balaban J connectivity index is 2.09. The van der Waals surface area contributed by atoms with Gasteiger partial charge in [0.25, 0.3) is 0 Å². The van der Waals surface area contributed by atoms with Gasteiger partial charge < -0.3 is 15.6 Å². The minimum Gasteiger partial charge on any atom is -0.481 e. The maximum absolute atomic E-state index is 10.3. The quantitative estimate of drug-likeness (QED) is 0.661. The third-order valence-electron chi connectivity index (χ3n) is 2.39. The van der Waals surface area contributed by atoms with Gasteiger partial charge in [0.2, 0.25) is 0 Å². The zero-order valence-electron chi connectivity index (χ0n) is 7.74. The average Bonchev–Trinajstić information content (AvgIpc) is 2.53. The highest BCUT2D eigenvalue weighted by Gasteiger charge is 2.18. The van der Waals surface area contributed by atoms with Crippen LogP contribution in [-0.2, 0) is 9.53 Å². The van der Waals surface area contributed by atoms with Crippen molar-refractivity contribution in [1.29, 1.82) is 0 Å². The topological polar surface area (TPSA) is 72.6 Å². The van der Waals surface area contributed by atoms with Gasteiger partial charge in [0, 0.05) is 25.7 Å². The molecule has 4 nitrogen and oxygen atoms in total. The number of aliphatic carboxylic acids is 1. The summed E-state index contributed by atoms with van der Waals surface area (Å²) in [6.07, 6.45) is 2.72. The van der Waals surface area contributed by atoms with Gasteiger partial charge in [0.05, 0.1) is 0 Å². The number of hydrogen-bond acceptors (Lipinski definition) is 3. The predicted molar refractivity (Wildman–Crippen MR) is 48.4 cm³/mol. The summed E-state index contributed by atoms with van der Waals surface area (Å²) in [5.74, 6) is -0.220. The first kappa shape index (κ1) is 10.5. The van der Waals surface area contributed by atoms with Crippen LogP contribution in [0.4, 0.5) is 0 Å². The van der Waals surface area contributed by atoms with Crippen molar-refractivity contribution in [2.45, 2.75) is 31.7 Å². The van der Waals surface area contributed by atoms with E-state index in [9.17, 15) is 4.79 Å². The van der Waals surface area contributed by atoms with Crippen molar-refractivity contribution in [1.82, 2.24) is 0 Å². The van der Waals surface area contributed by atoms with Gasteiger partial charge in [-0.3, -0.25) is 4.79 Å². The number of carboxylic acids is 1. The van der Waals surface area contributed by atoms with Crippen molar-refractivity contribution in [3.05, 3.63) is 0 Å². The predicted octanol–water partition coefficient (Wildman–Crippen LogP) is 0.605. The molecular formula is C9H17NO3. The molecule has 4 heteroatoms. The van der Waals surface area contributed by atoms with Crippen molar-refractivity contribution in [2.24, 2.45) is 11.7 Å². The van der Waals surface area contributed by atoms with E-state index in [2.05, 4.69) is 0 Å². The van der Waals surface area contributed by atoms with Crippen LogP contribution in [0.15, 0.2) is 0 Å². The largest absolute Gasteiger partial charge is 0.481 e. The molecule has 1 rings (SSSR count). The summed E-state index contributed by atoms with van der Waals surface area (Å²) in [4.78, 5) is 10.3. The molecule has 2 atom stereocenters. The van der Waals surface area contributed by atoms with Crippen LogP contribution >= 0.6 is 0 Å². The molecule has 0 amide bonds. The molecule has 0 radical (unpaired) electrons. The first-order valence-corrected chi connectivity index (χ1v) is 4.73. The van der Waals surface area contributed by atoms with Gasteiger partial charge in [-0.25, -0.2) is 0 Å². The molecule has 0 aromatic rings. The highest BCUT2D eigenvalue weighted by atomic mass is 16.5. The van der Waals surface area contributed by atoms with Crippen molar-refractivity contribution >= 4 is 5.97 Å². The molecule has 13 heavy (non-hydrogen) atoms. The summed E-state index contributed by atoms with van der Waals surface area (Å²) < 4.78 is 5.21. The molecule has 76 valence electrons.